The average Bonchev–Trinajstić information content (AvgIpc) is 2.73. The summed E-state index contributed by atoms with van der Waals surface area (Å²) < 4.78 is 3.39. The van der Waals surface area contributed by atoms with Crippen LogP contribution in [0.3, 0.4) is 0 Å². The number of rotatable bonds is 2. The highest BCUT2D eigenvalue weighted by Crippen LogP contribution is 2.16. The minimum atomic E-state index is 0.904. The van der Waals surface area contributed by atoms with Crippen molar-refractivity contribution in [2.45, 2.75) is 19.5 Å². The van der Waals surface area contributed by atoms with Gasteiger partial charge in [-0.1, -0.05) is 28.1 Å². The molecule has 0 bridgehead atoms. The Morgan fingerprint density at radius 1 is 1.41 bits per heavy atom. The lowest BCUT2D eigenvalue weighted by Crippen LogP contribution is -2.25. The van der Waals surface area contributed by atoms with Gasteiger partial charge in [-0.3, -0.25) is 0 Å². The Kier molecular flexibility index (Phi) is 2.99. The van der Waals surface area contributed by atoms with Crippen molar-refractivity contribution in [2.75, 3.05) is 6.54 Å². The van der Waals surface area contributed by atoms with E-state index in [9.17, 15) is 0 Å². The number of aromatic nitrogens is 2. The summed E-state index contributed by atoms with van der Waals surface area (Å²) >= 11 is 3.51. The molecule has 0 unspecified atom stereocenters. The fourth-order valence-corrected chi connectivity index (χ4v) is 2.71. The Bertz CT molecular complexity index is 533. The van der Waals surface area contributed by atoms with Gasteiger partial charge in [-0.25, -0.2) is 4.98 Å². The molecule has 1 aliphatic heterocycles. The topological polar surface area (TPSA) is 29.9 Å². The van der Waals surface area contributed by atoms with Crippen LogP contribution in [0.4, 0.5) is 0 Å². The van der Waals surface area contributed by atoms with Crippen LogP contribution in [0.25, 0.3) is 0 Å². The van der Waals surface area contributed by atoms with Crippen LogP contribution < -0.4 is 5.32 Å². The van der Waals surface area contributed by atoms with Crippen molar-refractivity contribution in [3.63, 3.8) is 0 Å². The van der Waals surface area contributed by atoms with E-state index in [1.807, 2.05) is 6.33 Å². The first-order valence-electron chi connectivity index (χ1n) is 5.81. The highest BCUT2D eigenvalue weighted by molar-refractivity contribution is 9.10. The molecule has 0 fully saturated rings. The quantitative estimate of drug-likeness (QED) is 0.920. The van der Waals surface area contributed by atoms with Crippen LogP contribution in [-0.4, -0.2) is 16.1 Å². The van der Waals surface area contributed by atoms with Crippen molar-refractivity contribution in [1.29, 1.82) is 0 Å². The summed E-state index contributed by atoms with van der Waals surface area (Å²) in [5.41, 5.74) is 3.88. The van der Waals surface area contributed by atoms with Gasteiger partial charge in [-0.05, 0) is 17.7 Å². The smallest absolute Gasteiger partial charge is 0.0955 e. The molecule has 3 rings (SSSR count). The van der Waals surface area contributed by atoms with Gasteiger partial charge < -0.3 is 9.88 Å². The van der Waals surface area contributed by atoms with E-state index in [1.165, 1.54) is 17.0 Å². The molecule has 0 radical (unpaired) electrons. The maximum atomic E-state index is 4.46. The van der Waals surface area contributed by atoms with E-state index in [-0.39, 0.29) is 0 Å². The van der Waals surface area contributed by atoms with E-state index in [0.29, 0.717) is 0 Å². The molecule has 0 saturated heterocycles. The second-order valence-corrected chi connectivity index (χ2v) is 5.24. The molecule has 3 nitrogen and oxygen atoms in total. The van der Waals surface area contributed by atoms with Crippen LogP contribution in [0.5, 0.6) is 0 Å². The fourth-order valence-electron chi connectivity index (χ4n) is 2.27. The first kappa shape index (κ1) is 11.0. The summed E-state index contributed by atoms with van der Waals surface area (Å²) in [6.07, 6.45) is 3.03. The van der Waals surface area contributed by atoms with Gasteiger partial charge in [0.05, 0.1) is 12.0 Å². The van der Waals surface area contributed by atoms with E-state index >= 15 is 0 Å². The number of nitrogens with zero attached hydrogens (tertiary/aromatic N) is 2. The lowest BCUT2D eigenvalue weighted by atomic mass is 10.1. The van der Waals surface area contributed by atoms with Gasteiger partial charge in [-0.15, -0.1) is 0 Å². The van der Waals surface area contributed by atoms with Crippen molar-refractivity contribution in [3.8, 4) is 0 Å². The number of nitrogens with one attached hydrogen (secondary N) is 1. The number of hydrogen-bond acceptors (Lipinski definition) is 2. The molecule has 4 heteroatoms. The van der Waals surface area contributed by atoms with Crippen molar-refractivity contribution in [3.05, 3.63) is 52.0 Å². The minimum Gasteiger partial charge on any atom is -0.330 e. The molecule has 0 atom stereocenters. The molecule has 0 saturated carbocycles. The Labute approximate surface area is 109 Å². The molecule has 1 aromatic carbocycles. The van der Waals surface area contributed by atoms with Crippen molar-refractivity contribution >= 4 is 15.9 Å². The summed E-state index contributed by atoms with van der Waals surface area (Å²) in [5.74, 6) is 0. The van der Waals surface area contributed by atoms with Gasteiger partial charge in [0.25, 0.3) is 0 Å². The predicted molar refractivity (Wildman–Crippen MR) is 70.9 cm³/mol. The standard InChI is InChI=1S/C13H14BrN3/c14-11-3-1-2-10(6-11)8-17-9-16-12-7-15-5-4-13(12)17/h1-3,6,9,15H,4-5,7-8H2. The van der Waals surface area contributed by atoms with Gasteiger partial charge in [0.15, 0.2) is 0 Å². The predicted octanol–water partition coefficient (Wildman–Crippen LogP) is 2.34. The monoisotopic (exact) mass is 291 g/mol. The second-order valence-electron chi connectivity index (χ2n) is 4.32. The fraction of sp³-hybridized carbons (Fsp3) is 0.308. The molecular weight excluding hydrogens is 278 g/mol. The molecule has 1 N–H and O–H groups in total. The van der Waals surface area contributed by atoms with Gasteiger partial charge in [0.1, 0.15) is 0 Å². The number of fused-ring (bicyclic) bond motifs is 1. The summed E-state index contributed by atoms with van der Waals surface area (Å²) in [6, 6.07) is 8.44. The minimum absolute atomic E-state index is 0.904. The third-order valence-corrected chi connectivity index (χ3v) is 3.60. The van der Waals surface area contributed by atoms with Crippen molar-refractivity contribution in [2.24, 2.45) is 0 Å². The Hall–Kier alpha value is -1.13. The Balaban J connectivity index is 1.88. The molecule has 0 spiro atoms. The van der Waals surface area contributed by atoms with Gasteiger partial charge in [-0.2, -0.15) is 0 Å². The molecule has 2 aromatic rings. The lowest BCUT2D eigenvalue weighted by Gasteiger charge is -2.15. The zero-order valence-corrected chi connectivity index (χ0v) is 11.1. The van der Waals surface area contributed by atoms with Crippen molar-refractivity contribution in [1.82, 2.24) is 14.9 Å². The number of imidazole rings is 1. The molecule has 0 aliphatic carbocycles. The third kappa shape index (κ3) is 2.28. The summed E-state index contributed by atoms with van der Waals surface area (Å²) in [6.45, 7) is 2.86. The van der Waals surface area contributed by atoms with Gasteiger partial charge in [0, 0.05) is 36.2 Å². The maximum Gasteiger partial charge on any atom is 0.0955 e. The molecule has 0 amide bonds. The first-order valence-corrected chi connectivity index (χ1v) is 6.60. The number of hydrogen-bond donors (Lipinski definition) is 1. The van der Waals surface area contributed by atoms with E-state index in [0.717, 1.165) is 30.5 Å². The molecular formula is C13H14BrN3. The summed E-state index contributed by atoms with van der Waals surface area (Å²) in [4.78, 5) is 4.46. The molecule has 88 valence electrons. The Morgan fingerprint density at radius 3 is 3.24 bits per heavy atom. The molecule has 1 aliphatic rings. The van der Waals surface area contributed by atoms with E-state index in [4.69, 9.17) is 0 Å². The van der Waals surface area contributed by atoms with E-state index < -0.39 is 0 Å². The summed E-state index contributed by atoms with van der Waals surface area (Å²) in [5, 5.41) is 3.34. The highest BCUT2D eigenvalue weighted by Gasteiger charge is 2.14. The van der Waals surface area contributed by atoms with Crippen molar-refractivity contribution < 1.29 is 0 Å². The lowest BCUT2D eigenvalue weighted by molar-refractivity contribution is 0.602. The van der Waals surface area contributed by atoms with Gasteiger partial charge >= 0.3 is 0 Å². The maximum absolute atomic E-state index is 4.46. The van der Waals surface area contributed by atoms with Crippen LogP contribution in [0.2, 0.25) is 0 Å². The average molecular weight is 292 g/mol. The van der Waals surface area contributed by atoms with Gasteiger partial charge in [0.2, 0.25) is 0 Å². The normalized spacial score (nSPS) is 14.6. The third-order valence-electron chi connectivity index (χ3n) is 3.11. The number of benzene rings is 1. The largest absolute Gasteiger partial charge is 0.330 e. The van der Waals surface area contributed by atoms with Crippen LogP contribution in [0.15, 0.2) is 35.1 Å². The zero-order chi connectivity index (χ0) is 11.7. The van der Waals surface area contributed by atoms with Crippen LogP contribution in [0.1, 0.15) is 17.0 Å². The SMILES string of the molecule is Brc1cccc(Cn2cnc3c2CCNC3)c1. The van der Waals surface area contributed by atoms with Crippen LogP contribution in [0, 0.1) is 0 Å². The second kappa shape index (κ2) is 4.63. The molecule has 1 aromatic heterocycles. The Morgan fingerprint density at radius 2 is 2.35 bits per heavy atom. The van der Waals surface area contributed by atoms with E-state index in [1.54, 1.807) is 0 Å². The molecule has 17 heavy (non-hydrogen) atoms. The van der Waals surface area contributed by atoms with E-state index in [2.05, 4.69) is 55.1 Å². The zero-order valence-electron chi connectivity index (χ0n) is 9.49. The highest BCUT2D eigenvalue weighted by atomic mass is 79.9. The van der Waals surface area contributed by atoms with Crippen LogP contribution >= 0.6 is 15.9 Å². The van der Waals surface area contributed by atoms with Crippen LogP contribution in [-0.2, 0) is 19.5 Å². The molecule has 2 heterocycles. The first-order chi connectivity index (χ1) is 8.33. The summed E-state index contributed by atoms with van der Waals surface area (Å²) in [7, 11) is 0. The number of halogens is 1.